The molecule has 1 amide bonds. The van der Waals surface area contributed by atoms with Gasteiger partial charge in [0.05, 0.1) is 0 Å². The Morgan fingerprint density at radius 2 is 2.13 bits per heavy atom. The van der Waals surface area contributed by atoms with Crippen molar-refractivity contribution in [1.29, 1.82) is 0 Å². The van der Waals surface area contributed by atoms with Gasteiger partial charge >= 0.3 is 0 Å². The molecule has 15 heavy (non-hydrogen) atoms. The summed E-state index contributed by atoms with van der Waals surface area (Å²) in [6.07, 6.45) is 0. The molecule has 0 bridgehead atoms. The summed E-state index contributed by atoms with van der Waals surface area (Å²) in [5.74, 6) is -0.500. The summed E-state index contributed by atoms with van der Waals surface area (Å²) >= 11 is 6.76. The molecule has 0 unspecified atom stereocenters. The smallest absolute Gasteiger partial charge is 0.245 e. The van der Waals surface area contributed by atoms with Gasteiger partial charge in [0.1, 0.15) is 6.61 Å². The Hall–Kier alpha value is -0.430. The van der Waals surface area contributed by atoms with Crippen LogP contribution in [0.2, 0.25) is 0 Å². The van der Waals surface area contributed by atoms with Crippen molar-refractivity contribution in [2.24, 2.45) is 5.73 Å². The number of rotatable bonds is 5. The van der Waals surface area contributed by atoms with Crippen LogP contribution in [0.25, 0.3) is 0 Å². The summed E-state index contributed by atoms with van der Waals surface area (Å²) < 4.78 is 1.96. The predicted octanol–water partition coefficient (Wildman–Crippen LogP) is 1.72. The third kappa shape index (κ3) is 4.74. The molecular weight excluding hydrogens is 328 g/mol. The van der Waals surface area contributed by atoms with Crippen LogP contribution in [-0.2, 0) is 16.2 Å². The SMILES string of the molecule is NC(=O)CONCc1ccc(Br)c(Br)c1. The normalized spacial score (nSPS) is 10.3. The molecule has 0 aliphatic rings. The van der Waals surface area contributed by atoms with Crippen molar-refractivity contribution in [2.45, 2.75) is 6.54 Å². The van der Waals surface area contributed by atoms with E-state index in [9.17, 15) is 4.79 Å². The van der Waals surface area contributed by atoms with Crippen LogP contribution in [0.5, 0.6) is 0 Å². The van der Waals surface area contributed by atoms with Crippen LogP contribution < -0.4 is 11.2 Å². The van der Waals surface area contributed by atoms with Crippen molar-refractivity contribution in [3.05, 3.63) is 32.7 Å². The van der Waals surface area contributed by atoms with Crippen LogP contribution in [0.4, 0.5) is 0 Å². The Kier molecular flexibility index (Phi) is 5.24. The van der Waals surface area contributed by atoms with Crippen molar-refractivity contribution in [3.63, 3.8) is 0 Å². The number of amides is 1. The average molecular weight is 338 g/mol. The molecule has 0 saturated heterocycles. The minimum absolute atomic E-state index is 0.127. The summed E-state index contributed by atoms with van der Waals surface area (Å²) in [6, 6.07) is 5.81. The number of hydrogen-bond donors (Lipinski definition) is 2. The molecule has 0 spiro atoms. The fourth-order valence-corrected chi connectivity index (χ4v) is 1.58. The first-order valence-electron chi connectivity index (χ1n) is 4.16. The standard InChI is InChI=1S/C9H10Br2N2O2/c10-7-2-1-6(3-8(7)11)4-13-15-5-9(12)14/h1-3,13H,4-5H2,(H2,12,14). The van der Waals surface area contributed by atoms with Gasteiger partial charge in [-0.3, -0.25) is 9.63 Å². The summed E-state index contributed by atoms with van der Waals surface area (Å²) in [6.45, 7) is 0.386. The lowest BCUT2D eigenvalue weighted by Gasteiger charge is -2.05. The van der Waals surface area contributed by atoms with E-state index in [-0.39, 0.29) is 6.61 Å². The molecule has 0 saturated carbocycles. The highest BCUT2D eigenvalue weighted by Gasteiger charge is 1.99. The molecule has 1 aromatic carbocycles. The lowest BCUT2D eigenvalue weighted by atomic mass is 10.2. The molecule has 4 nitrogen and oxygen atoms in total. The topological polar surface area (TPSA) is 64.4 Å². The number of benzene rings is 1. The second-order valence-electron chi connectivity index (χ2n) is 2.82. The van der Waals surface area contributed by atoms with Crippen LogP contribution in [0.1, 0.15) is 5.56 Å². The second kappa shape index (κ2) is 6.22. The lowest BCUT2D eigenvalue weighted by Crippen LogP contribution is -2.24. The van der Waals surface area contributed by atoms with Gasteiger partial charge in [0.25, 0.3) is 0 Å². The van der Waals surface area contributed by atoms with Crippen molar-refractivity contribution >= 4 is 37.8 Å². The molecule has 1 aromatic rings. The third-order valence-corrected chi connectivity index (χ3v) is 3.46. The Morgan fingerprint density at radius 1 is 1.40 bits per heavy atom. The molecule has 0 heterocycles. The van der Waals surface area contributed by atoms with Gasteiger partial charge in [-0.25, -0.2) is 0 Å². The number of primary amides is 1. The van der Waals surface area contributed by atoms with Gasteiger partial charge < -0.3 is 5.73 Å². The molecule has 0 aliphatic heterocycles. The van der Waals surface area contributed by atoms with E-state index in [4.69, 9.17) is 10.6 Å². The third-order valence-electron chi connectivity index (χ3n) is 1.58. The van der Waals surface area contributed by atoms with Crippen molar-refractivity contribution in [2.75, 3.05) is 6.61 Å². The van der Waals surface area contributed by atoms with E-state index in [0.717, 1.165) is 14.5 Å². The van der Waals surface area contributed by atoms with E-state index in [0.29, 0.717) is 6.54 Å². The Morgan fingerprint density at radius 3 is 2.73 bits per heavy atom. The maximum absolute atomic E-state index is 10.4. The molecule has 0 aliphatic carbocycles. The van der Waals surface area contributed by atoms with Gasteiger partial charge in [0.2, 0.25) is 5.91 Å². The van der Waals surface area contributed by atoms with E-state index in [1.54, 1.807) is 0 Å². The van der Waals surface area contributed by atoms with E-state index in [2.05, 4.69) is 37.3 Å². The fourth-order valence-electron chi connectivity index (χ4n) is 0.906. The molecule has 0 atom stereocenters. The van der Waals surface area contributed by atoms with Crippen molar-refractivity contribution < 1.29 is 9.63 Å². The minimum atomic E-state index is -0.500. The number of halogens is 2. The van der Waals surface area contributed by atoms with Crippen LogP contribution in [-0.4, -0.2) is 12.5 Å². The molecule has 0 fully saturated rings. The van der Waals surface area contributed by atoms with Gasteiger partial charge in [0.15, 0.2) is 0 Å². The number of carbonyl (C=O) groups excluding carboxylic acids is 1. The maximum atomic E-state index is 10.4. The number of nitrogens with one attached hydrogen (secondary N) is 1. The largest absolute Gasteiger partial charge is 0.368 e. The summed E-state index contributed by atoms with van der Waals surface area (Å²) in [7, 11) is 0. The van der Waals surface area contributed by atoms with Crippen LogP contribution in [0.3, 0.4) is 0 Å². The van der Waals surface area contributed by atoms with Gasteiger partial charge in [0, 0.05) is 15.5 Å². The highest BCUT2D eigenvalue weighted by molar-refractivity contribution is 9.13. The van der Waals surface area contributed by atoms with Gasteiger partial charge in [-0.2, -0.15) is 5.48 Å². The number of nitrogens with two attached hydrogens (primary N) is 1. The zero-order valence-electron chi connectivity index (χ0n) is 7.80. The molecule has 3 N–H and O–H groups in total. The molecular formula is C9H10Br2N2O2. The van der Waals surface area contributed by atoms with Crippen LogP contribution in [0.15, 0.2) is 27.1 Å². The number of carbonyl (C=O) groups is 1. The Labute approximate surface area is 104 Å². The second-order valence-corrected chi connectivity index (χ2v) is 4.53. The van der Waals surface area contributed by atoms with Crippen LogP contribution >= 0.6 is 31.9 Å². The summed E-state index contributed by atoms with van der Waals surface area (Å²) in [4.78, 5) is 15.2. The first-order chi connectivity index (χ1) is 7.09. The zero-order chi connectivity index (χ0) is 11.3. The van der Waals surface area contributed by atoms with Gasteiger partial charge in [-0.15, -0.1) is 0 Å². The van der Waals surface area contributed by atoms with Gasteiger partial charge in [-0.1, -0.05) is 6.07 Å². The highest BCUT2D eigenvalue weighted by Crippen LogP contribution is 2.23. The number of hydroxylamine groups is 1. The fraction of sp³-hybridized carbons (Fsp3) is 0.222. The molecule has 82 valence electrons. The maximum Gasteiger partial charge on any atom is 0.245 e. The van der Waals surface area contributed by atoms with Gasteiger partial charge in [-0.05, 0) is 49.6 Å². The minimum Gasteiger partial charge on any atom is -0.368 e. The van der Waals surface area contributed by atoms with E-state index < -0.39 is 5.91 Å². The lowest BCUT2D eigenvalue weighted by molar-refractivity contribution is -0.125. The monoisotopic (exact) mass is 336 g/mol. The molecule has 6 heteroatoms. The summed E-state index contributed by atoms with van der Waals surface area (Å²) in [5.41, 5.74) is 8.58. The predicted molar refractivity (Wildman–Crippen MR) is 63.8 cm³/mol. The molecule has 0 radical (unpaired) electrons. The number of hydrogen-bond acceptors (Lipinski definition) is 3. The highest BCUT2D eigenvalue weighted by atomic mass is 79.9. The quantitative estimate of drug-likeness (QED) is 0.635. The van der Waals surface area contributed by atoms with E-state index in [1.807, 2.05) is 18.2 Å². The first kappa shape index (κ1) is 12.6. The summed E-state index contributed by atoms with van der Waals surface area (Å²) in [5, 5.41) is 0. The van der Waals surface area contributed by atoms with Crippen molar-refractivity contribution in [1.82, 2.24) is 5.48 Å². The van der Waals surface area contributed by atoms with E-state index in [1.165, 1.54) is 0 Å². The Balaban J connectivity index is 2.38. The Bertz CT molecular complexity index is 358. The average Bonchev–Trinajstić information content (AvgIpc) is 2.18. The zero-order valence-corrected chi connectivity index (χ0v) is 11.0. The first-order valence-corrected chi connectivity index (χ1v) is 5.75. The molecule has 0 aromatic heterocycles. The van der Waals surface area contributed by atoms with Crippen LogP contribution in [0, 0.1) is 0 Å². The molecule has 1 rings (SSSR count). The van der Waals surface area contributed by atoms with E-state index >= 15 is 0 Å². The van der Waals surface area contributed by atoms with Crippen molar-refractivity contribution in [3.8, 4) is 0 Å².